The van der Waals surface area contributed by atoms with Gasteiger partial charge in [0.2, 0.25) is 17.7 Å². The second-order valence-corrected chi connectivity index (χ2v) is 30.9. The molecule has 7 N–H and O–H groups in total. The largest absolute Gasteiger partial charge is 0.419 e. The Morgan fingerprint density at radius 3 is 0.991 bits per heavy atom. The van der Waals surface area contributed by atoms with Gasteiger partial charge in [0.1, 0.15) is 16.8 Å². The number of alkyl halides is 9. The molecule has 0 spiro atoms. The summed E-state index contributed by atoms with van der Waals surface area (Å²) in [5, 5.41) is 14.0. The summed E-state index contributed by atoms with van der Waals surface area (Å²) < 4.78 is 190. The van der Waals surface area contributed by atoms with Crippen LogP contribution in [0.4, 0.5) is 102 Å². The molecule has 0 aliphatic carbocycles. The zero-order chi connectivity index (χ0) is 76.9. The van der Waals surface area contributed by atoms with Crippen molar-refractivity contribution < 1.29 is 79.2 Å². The topological polar surface area (TPSA) is 288 Å². The first kappa shape index (κ1) is 79.6. The first-order valence-corrected chi connectivity index (χ1v) is 38.4. The van der Waals surface area contributed by atoms with Crippen molar-refractivity contribution in [3.8, 4) is 0 Å². The molecule has 0 unspecified atom stereocenters. The van der Waals surface area contributed by atoms with Gasteiger partial charge in [0.15, 0.2) is 29.5 Å². The minimum atomic E-state index is -4.63. The van der Waals surface area contributed by atoms with Crippen LogP contribution in [0, 0.1) is 0 Å². The van der Waals surface area contributed by atoms with Crippen molar-refractivity contribution in [2.45, 2.75) is 91.4 Å². The van der Waals surface area contributed by atoms with Crippen molar-refractivity contribution in [3.05, 3.63) is 221 Å². The molecular formula is C72H70ClF9N12O9S3. The number of amides is 3. The van der Waals surface area contributed by atoms with Crippen LogP contribution in [0.3, 0.4) is 0 Å². The molecule has 3 aromatic heterocycles. The average molecular weight is 1550 g/mol. The number of rotatable bonds is 19. The van der Waals surface area contributed by atoms with E-state index in [2.05, 4.69) is 41.5 Å². The Kier molecular flexibility index (Phi) is 25.3. The molecule has 3 aliphatic rings. The van der Waals surface area contributed by atoms with Gasteiger partial charge < -0.3 is 47.0 Å². The number of aromatic nitrogens is 3. The lowest BCUT2D eigenvalue weighted by molar-refractivity contribution is -0.138. The molecule has 3 saturated heterocycles. The normalized spacial score (nSPS) is 14.1. The highest BCUT2D eigenvalue weighted by molar-refractivity contribution is 7.91. The number of pyridine rings is 3. The zero-order valence-corrected chi connectivity index (χ0v) is 60.0. The summed E-state index contributed by atoms with van der Waals surface area (Å²) in [4.78, 5) is 51.9. The fourth-order valence-electron chi connectivity index (χ4n) is 11.0. The molecule has 106 heavy (non-hydrogen) atoms. The van der Waals surface area contributed by atoms with E-state index in [1.165, 1.54) is 66.7 Å². The molecule has 560 valence electrons. The maximum Gasteiger partial charge on any atom is 0.419 e. The number of carbonyl (C=O) groups is 3. The molecule has 6 aromatic carbocycles. The second-order valence-electron chi connectivity index (χ2n) is 24.5. The summed E-state index contributed by atoms with van der Waals surface area (Å²) in [7, 11) is -10.3. The molecule has 0 radical (unpaired) electrons. The molecular weight excluding hydrogens is 1480 g/mol. The van der Waals surface area contributed by atoms with Crippen LogP contribution >= 0.6 is 11.6 Å². The Hall–Kier alpha value is -10.5. The van der Waals surface area contributed by atoms with Crippen LogP contribution in [0.25, 0.3) is 0 Å². The van der Waals surface area contributed by atoms with Crippen molar-refractivity contribution >= 4 is 122 Å². The molecule has 34 heteroatoms. The van der Waals surface area contributed by atoms with Crippen LogP contribution in [-0.2, 0) is 82.1 Å². The van der Waals surface area contributed by atoms with Gasteiger partial charge in [0.05, 0.1) is 48.4 Å². The van der Waals surface area contributed by atoms with Crippen LogP contribution in [-0.4, -0.2) is 96.3 Å². The smallest absolute Gasteiger partial charge is 0.399 e. The highest BCUT2D eigenvalue weighted by Crippen LogP contribution is 2.40. The van der Waals surface area contributed by atoms with Crippen LogP contribution in [0.5, 0.6) is 0 Å². The molecule has 0 atom stereocenters. The van der Waals surface area contributed by atoms with E-state index in [0.29, 0.717) is 66.6 Å². The van der Waals surface area contributed by atoms with E-state index < -0.39 is 64.7 Å². The Morgan fingerprint density at radius 2 is 0.708 bits per heavy atom. The summed E-state index contributed by atoms with van der Waals surface area (Å²) in [5.74, 6) is 0.719. The number of nitrogens with zero attached hydrogens (tertiary/aromatic N) is 6. The van der Waals surface area contributed by atoms with Crippen LogP contribution < -0.4 is 47.0 Å². The molecule has 9 aromatic rings. The van der Waals surface area contributed by atoms with Gasteiger partial charge in [0.25, 0.3) is 0 Å². The predicted octanol–water partition coefficient (Wildman–Crippen LogP) is 15.1. The number of hydrogen-bond donors (Lipinski definition) is 6. The Morgan fingerprint density at radius 1 is 0.415 bits per heavy atom. The van der Waals surface area contributed by atoms with Crippen LogP contribution in [0.2, 0.25) is 5.15 Å². The third-order valence-corrected chi connectivity index (χ3v) is 19.9. The van der Waals surface area contributed by atoms with Gasteiger partial charge in [-0.25, -0.2) is 40.2 Å². The van der Waals surface area contributed by atoms with Gasteiger partial charge in [-0.1, -0.05) is 48.0 Å². The van der Waals surface area contributed by atoms with Gasteiger partial charge in [-0.15, -0.1) is 0 Å². The second kappa shape index (κ2) is 33.7. The zero-order valence-electron chi connectivity index (χ0n) is 56.7. The summed E-state index contributed by atoms with van der Waals surface area (Å²) >= 11 is 5.64. The number of benzene rings is 6. The molecule has 0 bridgehead atoms. The Labute approximate surface area is 610 Å². The van der Waals surface area contributed by atoms with E-state index >= 15 is 0 Å². The number of sulfone groups is 3. The monoisotopic (exact) mass is 1550 g/mol. The average Bonchev–Trinajstić information content (AvgIpc) is 0.997. The third-order valence-electron chi connectivity index (χ3n) is 16.4. The van der Waals surface area contributed by atoms with E-state index in [0.717, 1.165) is 85.8 Å². The molecule has 3 aliphatic heterocycles. The maximum absolute atomic E-state index is 13.6. The number of halogens is 10. The molecule has 0 saturated carbocycles. The summed E-state index contributed by atoms with van der Waals surface area (Å²) in [6, 6.07) is 43.0. The molecule has 3 fully saturated rings. The number of nitrogens with two attached hydrogens (primary N) is 1. The number of hydrogen-bond acceptors (Lipinski definition) is 18. The third kappa shape index (κ3) is 22.3. The first-order valence-electron chi connectivity index (χ1n) is 32.3. The lowest BCUT2D eigenvalue weighted by Gasteiger charge is -2.17. The minimum absolute atomic E-state index is 0.00673. The van der Waals surface area contributed by atoms with Gasteiger partial charge in [-0.3, -0.25) is 14.4 Å². The van der Waals surface area contributed by atoms with Gasteiger partial charge in [0, 0.05) is 142 Å². The lowest BCUT2D eigenvalue weighted by Crippen LogP contribution is -2.23. The molecule has 12 rings (SSSR count). The quantitative estimate of drug-likeness (QED) is 0.0249. The maximum atomic E-state index is 13.6. The van der Waals surface area contributed by atoms with E-state index in [4.69, 9.17) is 17.3 Å². The number of nitrogens with one attached hydrogen (secondary N) is 5. The van der Waals surface area contributed by atoms with E-state index in [-0.39, 0.29) is 85.9 Å². The van der Waals surface area contributed by atoms with Crippen molar-refractivity contribution in [2.24, 2.45) is 0 Å². The van der Waals surface area contributed by atoms with Crippen molar-refractivity contribution in [1.82, 2.24) is 15.0 Å². The highest BCUT2D eigenvalue weighted by atomic mass is 35.5. The first-order chi connectivity index (χ1) is 49.8. The van der Waals surface area contributed by atoms with E-state index in [1.54, 1.807) is 81.4 Å². The van der Waals surface area contributed by atoms with Crippen molar-refractivity contribution in [1.29, 1.82) is 0 Å². The number of nitrogen functional groups attached to an aromatic ring is 1. The Balaban J connectivity index is 0.000000172. The number of anilines is 11. The summed E-state index contributed by atoms with van der Waals surface area (Å²) in [6.45, 7) is 2.13. The fraction of sp³-hybridized carbons (Fsp3) is 0.250. The van der Waals surface area contributed by atoms with E-state index in [9.17, 15) is 79.2 Å². The predicted molar refractivity (Wildman–Crippen MR) is 388 cm³/mol. The molecule has 6 heterocycles. The standard InChI is InChI=1S/2C24H23F3N4O3S.C14H12ClF3N2O2S.C10H12N2O/c2*1-35(33,34)19-5-2-4-16(12-19)14-28-21-13-22(29-15-20(21)24(25,26)27)30-17-7-9-18(10-8-17)31-11-3-6-23(31)32;1-23(21,22)10-4-2-3-9(5-10)7-19-12-6-13(15)20-8-11(12)14(16,17)18;11-8-3-5-9(6-4-8)12-7-1-2-10(12)13/h2*2,4-5,7-10,12-13,15H,3,6,11,14H2,1H3,(H2,28,29,30);2-6,8H,7H2,1H3,(H,19,20);3-6H,1-2,7,11H2. The number of carbonyl (C=O) groups excluding carboxylic acids is 3. The Bertz CT molecular complexity index is 4800. The van der Waals surface area contributed by atoms with Gasteiger partial charge in [-0.2, -0.15) is 39.5 Å². The van der Waals surface area contributed by atoms with Crippen LogP contribution in [0.1, 0.15) is 71.9 Å². The van der Waals surface area contributed by atoms with Gasteiger partial charge >= 0.3 is 18.5 Å². The summed E-state index contributed by atoms with van der Waals surface area (Å²) in [6.07, 6.45) is -4.22. The van der Waals surface area contributed by atoms with E-state index in [1.807, 2.05) is 24.3 Å². The lowest BCUT2D eigenvalue weighted by atomic mass is 10.2. The SMILES string of the molecule is CS(=O)(=O)c1cccc(CNc2cc(Cl)ncc2C(F)(F)F)c1.CS(=O)(=O)c1cccc(CNc2cc(Nc3ccc(N4CCCC4=O)cc3)ncc2C(F)(F)F)c1.CS(=O)(=O)c1cccc(CNc2cc(Nc3ccc(N4CCCC4=O)cc3)ncc2C(F)(F)F)c1.Nc1ccc(N2CCCC2=O)cc1. The fourth-order valence-corrected chi connectivity index (χ4v) is 13.2. The highest BCUT2D eigenvalue weighted by Gasteiger charge is 2.37. The van der Waals surface area contributed by atoms with Crippen molar-refractivity contribution in [3.63, 3.8) is 0 Å². The summed E-state index contributed by atoms with van der Waals surface area (Å²) in [5.41, 5.74) is 8.08. The van der Waals surface area contributed by atoms with Gasteiger partial charge in [-0.05, 0) is 151 Å². The van der Waals surface area contributed by atoms with Crippen molar-refractivity contribution in [2.75, 3.05) is 85.4 Å². The van der Waals surface area contributed by atoms with Crippen LogP contribution in [0.15, 0.2) is 197 Å². The molecule has 21 nitrogen and oxygen atoms in total. The minimum Gasteiger partial charge on any atom is -0.399 e. The molecule has 3 amide bonds.